The number of nitrogens with zero attached hydrogens (tertiary/aromatic N) is 4. The van der Waals surface area contributed by atoms with Crippen molar-refractivity contribution in [3.8, 4) is 5.75 Å². The summed E-state index contributed by atoms with van der Waals surface area (Å²) in [5, 5.41) is 1.73. The van der Waals surface area contributed by atoms with Gasteiger partial charge in [0.15, 0.2) is 0 Å². The van der Waals surface area contributed by atoms with Crippen LogP contribution in [0.4, 0.5) is 0 Å². The first-order valence-electron chi connectivity index (χ1n) is 14.7. The maximum atomic E-state index is 14.1. The first kappa shape index (κ1) is 28.2. The summed E-state index contributed by atoms with van der Waals surface area (Å²) < 4.78 is 42.7. The number of methoxy groups -OCH3 is 1. The summed E-state index contributed by atoms with van der Waals surface area (Å²) in [7, 11) is -0.350. The normalized spacial score (nSPS) is 24.2. The van der Waals surface area contributed by atoms with Crippen molar-refractivity contribution < 1.29 is 22.7 Å². The maximum Gasteiger partial charge on any atom is 0.243 e. The third kappa shape index (κ3) is 5.62. The molecule has 0 spiro atoms. The Morgan fingerprint density at radius 2 is 1.80 bits per heavy atom. The Morgan fingerprint density at radius 3 is 2.61 bits per heavy atom. The lowest BCUT2D eigenvalue weighted by Gasteiger charge is -2.42. The van der Waals surface area contributed by atoms with Gasteiger partial charge in [0.1, 0.15) is 5.75 Å². The molecule has 1 amide bonds. The van der Waals surface area contributed by atoms with Crippen molar-refractivity contribution in [1.29, 1.82) is 0 Å². The molecule has 2 aromatic carbocycles. The van der Waals surface area contributed by atoms with Gasteiger partial charge in [0, 0.05) is 63.6 Å². The van der Waals surface area contributed by atoms with E-state index in [1.807, 2.05) is 54.5 Å². The Morgan fingerprint density at radius 1 is 1.02 bits per heavy atom. The molecule has 1 unspecified atom stereocenters. The predicted molar refractivity (Wildman–Crippen MR) is 157 cm³/mol. The zero-order valence-corrected chi connectivity index (χ0v) is 24.8. The highest BCUT2D eigenvalue weighted by Crippen LogP contribution is 2.36. The van der Waals surface area contributed by atoms with Gasteiger partial charge in [-0.05, 0) is 72.9 Å². The molecule has 1 saturated heterocycles. The van der Waals surface area contributed by atoms with Crippen LogP contribution in [-0.2, 0) is 26.1 Å². The monoisotopic (exact) mass is 580 g/mol. The van der Waals surface area contributed by atoms with Crippen LogP contribution < -0.4 is 4.74 Å². The van der Waals surface area contributed by atoms with Crippen LogP contribution in [0.3, 0.4) is 0 Å². The first-order chi connectivity index (χ1) is 19.8. The van der Waals surface area contributed by atoms with Gasteiger partial charge in [0.05, 0.1) is 31.3 Å². The number of morpholine rings is 1. The lowest BCUT2D eigenvalue weighted by atomic mass is 9.88. The maximum absolute atomic E-state index is 14.1. The molecule has 9 nitrogen and oxygen atoms in total. The van der Waals surface area contributed by atoms with E-state index < -0.39 is 16.1 Å². The molecule has 2 aliphatic heterocycles. The molecular weight excluding hydrogens is 540 g/mol. The van der Waals surface area contributed by atoms with Crippen LogP contribution in [0.15, 0.2) is 59.6 Å². The Kier molecular flexibility index (Phi) is 8.09. The van der Waals surface area contributed by atoms with Gasteiger partial charge in [-0.15, -0.1) is 0 Å². The van der Waals surface area contributed by atoms with E-state index in [2.05, 4.69) is 9.47 Å². The average Bonchev–Trinajstić information content (AvgIpc) is 3.50. The van der Waals surface area contributed by atoms with Crippen LogP contribution >= 0.6 is 0 Å². The summed E-state index contributed by atoms with van der Waals surface area (Å²) in [5.74, 6) is 0.713. The van der Waals surface area contributed by atoms with Crippen molar-refractivity contribution >= 4 is 26.7 Å². The Bertz CT molecular complexity index is 1500. The fourth-order valence-corrected chi connectivity index (χ4v) is 8.47. The molecule has 1 aliphatic carbocycles. The summed E-state index contributed by atoms with van der Waals surface area (Å²) in [5.41, 5.74) is 0.863. The van der Waals surface area contributed by atoms with Gasteiger partial charge in [-0.2, -0.15) is 4.31 Å². The van der Waals surface area contributed by atoms with E-state index in [1.165, 1.54) is 4.31 Å². The van der Waals surface area contributed by atoms with E-state index in [9.17, 15) is 13.2 Å². The van der Waals surface area contributed by atoms with Crippen LogP contribution in [-0.4, -0.2) is 92.1 Å². The van der Waals surface area contributed by atoms with Crippen LogP contribution in [0.5, 0.6) is 5.75 Å². The second kappa shape index (κ2) is 11.8. The molecule has 41 heavy (non-hydrogen) atoms. The number of rotatable bonds is 7. The minimum Gasteiger partial charge on any atom is -0.497 e. The molecule has 3 heterocycles. The number of fused-ring (bicyclic) bond motifs is 2. The molecule has 6 rings (SSSR count). The number of amides is 1. The standard InChI is InChI=1S/C31H40N4O5S/c1-32(25-5-3-6-26(21-25)33-15-17-40-18-16-33)31(36)22-30-29-7-4-12-34(29)13-14-35(30)41(37,38)28-11-9-23-19-27(39-2)10-8-24(23)20-28/h4,7-12,19-20,25-26,30H,3,5-6,13-18,21-22H2,1-2H3/t25-,26+,30?/m0/s1. The summed E-state index contributed by atoms with van der Waals surface area (Å²) in [6, 6.07) is 14.7. The molecule has 1 saturated carbocycles. The molecule has 10 heteroatoms. The van der Waals surface area contributed by atoms with Crippen molar-refractivity contribution in [3.63, 3.8) is 0 Å². The number of sulfonamides is 1. The first-order valence-corrected chi connectivity index (χ1v) is 16.1. The number of hydrogen-bond donors (Lipinski definition) is 0. The highest BCUT2D eigenvalue weighted by Gasteiger charge is 2.39. The van der Waals surface area contributed by atoms with Crippen LogP contribution in [0.1, 0.15) is 43.8 Å². The minimum atomic E-state index is -3.86. The summed E-state index contributed by atoms with van der Waals surface area (Å²) in [6.07, 6.45) is 6.26. The molecule has 0 N–H and O–H groups in total. The van der Waals surface area contributed by atoms with Gasteiger partial charge < -0.3 is 18.9 Å². The van der Waals surface area contributed by atoms with Gasteiger partial charge >= 0.3 is 0 Å². The second-order valence-electron chi connectivity index (χ2n) is 11.5. The van der Waals surface area contributed by atoms with Crippen molar-refractivity contribution in [2.24, 2.45) is 0 Å². The van der Waals surface area contributed by atoms with Crippen molar-refractivity contribution in [3.05, 3.63) is 60.4 Å². The van der Waals surface area contributed by atoms with Gasteiger partial charge in [0.25, 0.3) is 0 Å². The lowest BCUT2D eigenvalue weighted by molar-refractivity contribution is -0.134. The van der Waals surface area contributed by atoms with Gasteiger partial charge in [0.2, 0.25) is 15.9 Å². The van der Waals surface area contributed by atoms with Crippen LogP contribution in [0.2, 0.25) is 0 Å². The second-order valence-corrected chi connectivity index (χ2v) is 13.4. The zero-order valence-electron chi connectivity index (χ0n) is 23.9. The van der Waals surface area contributed by atoms with E-state index in [4.69, 9.17) is 9.47 Å². The minimum absolute atomic E-state index is 0.0110. The average molecular weight is 581 g/mol. The van der Waals surface area contributed by atoms with Crippen LogP contribution in [0, 0.1) is 0 Å². The number of carbonyl (C=O) groups is 1. The van der Waals surface area contributed by atoms with Crippen LogP contribution in [0.25, 0.3) is 10.8 Å². The summed E-state index contributed by atoms with van der Waals surface area (Å²) in [4.78, 5) is 18.5. The smallest absolute Gasteiger partial charge is 0.243 e. The zero-order chi connectivity index (χ0) is 28.6. The van der Waals surface area contributed by atoms with E-state index in [-0.39, 0.29) is 23.3 Å². The molecule has 3 atom stereocenters. The van der Waals surface area contributed by atoms with Gasteiger partial charge in [-0.25, -0.2) is 8.42 Å². The summed E-state index contributed by atoms with van der Waals surface area (Å²) in [6.45, 7) is 4.30. The van der Waals surface area contributed by atoms with Gasteiger partial charge in [-0.1, -0.05) is 12.1 Å². The number of benzene rings is 2. The Hall–Kier alpha value is -2.92. The molecule has 3 aliphatic rings. The fourth-order valence-electron chi connectivity index (χ4n) is 6.84. The molecule has 3 aromatic rings. The van der Waals surface area contributed by atoms with Crippen molar-refractivity contribution in [2.45, 2.75) is 61.7 Å². The number of ether oxygens (including phenoxy) is 2. The van der Waals surface area contributed by atoms with E-state index in [0.29, 0.717) is 19.1 Å². The largest absolute Gasteiger partial charge is 0.497 e. The third-order valence-electron chi connectivity index (χ3n) is 9.23. The lowest BCUT2D eigenvalue weighted by Crippen LogP contribution is -2.50. The van der Waals surface area contributed by atoms with E-state index in [0.717, 1.165) is 74.2 Å². The predicted octanol–water partition coefficient (Wildman–Crippen LogP) is 3.89. The Balaban J connectivity index is 1.23. The third-order valence-corrected chi connectivity index (χ3v) is 11.1. The topological polar surface area (TPSA) is 84.3 Å². The molecular formula is C31H40N4O5S. The highest BCUT2D eigenvalue weighted by atomic mass is 32.2. The molecule has 0 radical (unpaired) electrons. The Labute approximate surface area is 242 Å². The molecule has 1 aromatic heterocycles. The quantitative estimate of drug-likeness (QED) is 0.422. The number of carbonyl (C=O) groups excluding carboxylic acids is 1. The molecule has 2 fully saturated rings. The van der Waals surface area contributed by atoms with Crippen molar-refractivity contribution in [1.82, 2.24) is 18.7 Å². The molecule has 220 valence electrons. The highest BCUT2D eigenvalue weighted by molar-refractivity contribution is 7.89. The number of hydrogen-bond acceptors (Lipinski definition) is 6. The fraction of sp³-hybridized carbons (Fsp3) is 0.516. The van der Waals surface area contributed by atoms with Crippen molar-refractivity contribution in [2.75, 3.05) is 47.0 Å². The SMILES string of the molecule is COc1ccc2cc(S(=O)(=O)N3CCn4cccc4C3CC(=O)N(C)[C@H]3CCC[C@@H](N4CCOCC4)C3)ccc2c1. The number of aromatic nitrogens is 1. The molecule has 0 bridgehead atoms. The van der Waals surface area contributed by atoms with E-state index >= 15 is 0 Å². The summed E-state index contributed by atoms with van der Waals surface area (Å²) >= 11 is 0. The van der Waals surface area contributed by atoms with E-state index in [1.54, 1.807) is 19.2 Å². The van der Waals surface area contributed by atoms with Gasteiger partial charge in [-0.3, -0.25) is 9.69 Å².